The number of hydrogen-bond donors (Lipinski definition) is 0. The van der Waals surface area contributed by atoms with Gasteiger partial charge in [-0.1, -0.05) is 58.0 Å². The van der Waals surface area contributed by atoms with Crippen molar-refractivity contribution in [3.63, 3.8) is 0 Å². The Bertz CT molecular complexity index is 115. The van der Waals surface area contributed by atoms with Gasteiger partial charge < -0.3 is 0 Å². The van der Waals surface area contributed by atoms with Gasteiger partial charge >= 0.3 is 0 Å². The molecule has 0 saturated heterocycles. The first-order valence-electron chi connectivity index (χ1n) is 5.39. The van der Waals surface area contributed by atoms with Crippen LogP contribution in [0.1, 0.15) is 34.1 Å². The summed E-state index contributed by atoms with van der Waals surface area (Å²) in [7, 11) is -0.841. The molecular formula is C11H24Si. The molecule has 0 aromatic heterocycles. The second-order valence-electron chi connectivity index (χ2n) is 3.64. The van der Waals surface area contributed by atoms with E-state index in [0.29, 0.717) is 0 Å². The smallest absolute Gasteiger partial charge is 0.0565 e. The molecule has 0 fully saturated rings. The van der Waals surface area contributed by atoms with Crippen molar-refractivity contribution in [2.24, 2.45) is 0 Å². The van der Waals surface area contributed by atoms with Gasteiger partial charge in [-0.25, -0.2) is 0 Å². The maximum atomic E-state index is 2.42. The maximum absolute atomic E-state index is 2.42. The average molecular weight is 184 g/mol. The first-order valence-corrected chi connectivity index (χ1v) is 8.22. The van der Waals surface area contributed by atoms with E-state index in [2.05, 4.69) is 39.8 Å². The molecule has 1 heteroatoms. The molecular weight excluding hydrogens is 160 g/mol. The zero-order chi connectivity index (χ0) is 9.45. The van der Waals surface area contributed by atoms with E-state index in [9.17, 15) is 0 Å². The molecule has 0 aliphatic rings. The summed E-state index contributed by atoms with van der Waals surface area (Å²) < 4.78 is 0. The van der Waals surface area contributed by atoms with Crippen molar-refractivity contribution in [1.82, 2.24) is 0 Å². The van der Waals surface area contributed by atoms with E-state index in [1.54, 1.807) is 0 Å². The predicted octanol–water partition coefficient (Wildman–Crippen LogP) is 4.46. The van der Waals surface area contributed by atoms with E-state index in [0.717, 1.165) is 0 Å². The van der Waals surface area contributed by atoms with Crippen molar-refractivity contribution >= 4 is 8.07 Å². The van der Waals surface area contributed by atoms with Crippen LogP contribution >= 0.6 is 0 Å². The highest BCUT2D eigenvalue weighted by atomic mass is 28.3. The minimum Gasteiger partial charge on any atom is -0.0912 e. The van der Waals surface area contributed by atoms with Gasteiger partial charge in [-0.05, 0) is 12.5 Å². The Balaban J connectivity index is 4.01. The summed E-state index contributed by atoms with van der Waals surface area (Å²) in [5, 5.41) is 0. The van der Waals surface area contributed by atoms with Gasteiger partial charge in [0.05, 0.1) is 8.07 Å². The van der Waals surface area contributed by atoms with Crippen LogP contribution in [0.5, 0.6) is 0 Å². The minimum absolute atomic E-state index is 0.841. The zero-order valence-electron chi connectivity index (χ0n) is 9.19. The van der Waals surface area contributed by atoms with Crippen LogP contribution in [-0.2, 0) is 0 Å². The molecule has 0 nitrogen and oxygen atoms in total. The lowest BCUT2D eigenvalue weighted by Gasteiger charge is -2.26. The Hall–Kier alpha value is -0.0431. The molecule has 0 aromatic carbocycles. The van der Waals surface area contributed by atoms with Crippen molar-refractivity contribution in [3.05, 3.63) is 12.2 Å². The first kappa shape index (κ1) is 12.0. The normalized spacial score (nSPS) is 12.7. The molecule has 0 radical (unpaired) electrons. The summed E-state index contributed by atoms with van der Waals surface area (Å²) in [6.45, 7) is 9.33. The number of allylic oxidation sites excluding steroid dienone is 2. The van der Waals surface area contributed by atoms with Crippen molar-refractivity contribution in [1.29, 1.82) is 0 Å². The third-order valence-electron chi connectivity index (χ3n) is 3.20. The predicted molar refractivity (Wildman–Crippen MR) is 61.4 cm³/mol. The monoisotopic (exact) mass is 184 g/mol. The lowest BCUT2D eigenvalue weighted by molar-refractivity contribution is 1.13. The standard InChI is InChI=1S/C11H24Si/c1-5-9-10-11-12(6-2,7-3)8-4/h9-10H,5-8,11H2,1-4H3/b10-9+. The van der Waals surface area contributed by atoms with Gasteiger partial charge in [0.25, 0.3) is 0 Å². The van der Waals surface area contributed by atoms with E-state index in [1.807, 2.05) is 0 Å². The third-order valence-corrected chi connectivity index (χ3v) is 8.80. The van der Waals surface area contributed by atoms with Crippen LogP contribution in [0.25, 0.3) is 0 Å². The molecule has 0 N–H and O–H groups in total. The second kappa shape index (κ2) is 6.47. The average Bonchev–Trinajstić information content (AvgIpc) is 2.14. The molecule has 0 spiro atoms. The third kappa shape index (κ3) is 3.57. The molecule has 0 aliphatic heterocycles. The van der Waals surface area contributed by atoms with Crippen LogP contribution in [0, 0.1) is 0 Å². The summed E-state index contributed by atoms with van der Waals surface area (Å²) in [6.07, 6.45) is 5.94. The van der Waals surface area contributed by atoms with E-state index in [-0.39, 0.29) is 0 Å². The summed E-state index contributed by atoms with van der Waals surface area (Å²) >= 11 is 0. The quantitative estimate of drug-likeness (QED) is 0.422. The van der Waals surface area contributed by atoms with Gasteiger partial charge in [-0.15, -0.1) is 0 Å². The number of rotatable bonds is 6. The molecule has 0 aliphatic carbocycles. The van der Waals surface area contributed by atoms with E-state index < -0.39 is 8.07 Å². The fourth-order valence-electron chi connectivity index (χ4n) is 1.68. The molecule has 0 unspecified atom stereocenters. The highest BCUT2D eigenvalue weighted by molar-refractivity contribution is 6.80. The zero-order valence-corrected chi connectivity index (χ0v) is 10.2. The van der Waals surface area contributed by atoms with Gasteiger partial charge in [-0.3, -0.25) is 0 Å². The largest absolute Gasteiger partial charge is 0.0912 e. The van der Waals surface area contributed by atoms with Crippen LogP contribution in [0.4, 0.5) is 0 Å². The SMILES string of the molecule is CC/C=C/C[Si](CC)(CC)CC. The van der Waals surface area contributed by atoms with Crippen LogP contribution < -0.4 is 0 Å². The topological polar surface area (TPSA) is 0 Å². The highest BCUT2D eigenvalue weighted by Gasteiger charge is 2.24. The Morgan fingerprint density at radius 1 is 0.833 bits per heavy atom. The van der Waals surface area contributed by atoms with Gasteiger partial charge in [0.1, 0.15) is 0 Å². The Morgan fingerprint density at radius 3 is 1.67 bits per heavy atom. The molecule has 0 heterocycles. The van der Waals surface area contributed by atoms with Crippen molar-refractivity contribution in [3.8, 4) is 0 Å². The summed E-state index contributed by atoms with van der Waals surface area (Å²) in [5.41, 5.74) is 0. The van der Waals surface area contributed by atoms with Crippen LogP contribution in [-0.4, -0.2) is 8.07 Å². The minimum atomic E-state index is -0.841. The molecule has 0 saturated carbocycles. The molecule has 0 atom stereocenters. The van der Waals surface area contributed by atoms with Gasteiger partial charge in [0, 0.05) is 0 Å². The summed E-state index contributed by atoms with van der Waals surface area (Å²) in [5.74, 6) is 0. The summed E-state index contributed by atoms with van der Waals surface area (Å²) in [6, 6.07) is 5.76. The molecule has 12 heavy (non-hydrogen) atoms. The molecule has 0 bridgehead atoms. The fourth-order valence-corrected chi connectivity index (χ4v) is 4.72. The summed E-state index contributed by atoms with van der Waals surface area (Å²) in [4.78, 5) is 0. The maximum Gasteiger partial charge on any atom is 0.0565 e. The lowest BCUT2D eigenvalue weighted by Crippen LogP contribution is -2.29. The highest BCUT2D eigenvalue weighted by Crippen LogP contribution is 2.25. The van der Waals surface area contributed by atoms with Gasteiger partial charge in [0.15, 0.2) is 0 Å². The van der Waals surface area contributed by atoms with Crippen LogP contribution in [0.15, 0.2) is 12.2 Å². The van der Waals surface area contributed by atoms with Crippen molar-refractivity contribution in [2.75, 3.05) is 0 Å². The van der Waals surface area contributed by atoms with Crippen molar-refractivity contribution < 1.29 is 0 Å². The van der Waals surface area contributed by atoms with E-state index in [4.69, 9.17) is 0 Å². The lowest BCUT2D eigenvalue weighted by atomic mass is 10.4. The fraction of sp³-hybridized carbons (Fsp3) is 0.818. The number of hydrogen-bond acceptors (Lipinski definition) is 0. The molecule has 72 valence electrons. The molecule has 0 aromatic rings. The van der Waals surface area contributed by atoms with Crippen LogP contribution in [0.3, 0.4) is 0 Å². The Labute approximate surface area is 79.1 Å². The Kier molecular flexibility index (Phi) is 6.45. The van der Waals surface area contributed by atoms with Gasteiger partial charge in [0.2, 0.25) is 0 Å². The van der Waals surface area contributed by atoms with Crippen LogP contribution in [0.2, 0.25) is 24.2 Å². The van der Waals surface area contributed by atoms with E-state index in [1.165, 1.54) is 30.6 Å². The van der Waals surface area contributed by atoms with E-state index >= 15 is 0 Å². The van der Waals surface area contributed by atoms with Gasteiger partial charge in [-0.2, -0.15) is 0 Å². The Morgan fingerprint density at radius 2 is 1.33 bits per heavy atom. The second-order valence-corrected chi connectivity index (χ2v) is 9.17. The molecule has 0 rings (SSSR count). The molecule has 0 amide bonds. The first-order chi connectivity index (χ1) is 5.74. The van der Waals surface area contributed by atoms with Crippen molar-refractivity contribution in [2.45, 2.75) is 58.3 Å².